The number of rotatable bonds is 4. The van der Waals surface area contributed by atoms with Crippen LogP contribution < -0.4 is 11.3 Å². The summed E-state index contributed by atoms with van der Waals surface area (Å²) in [6.45, 7) is 0. The van der Waals surface area contributed by atoms with Crippen LogP contribution in [0.1, 0.15) is 21.5 Å². The Kier molecular flexibility index (Phi) is 4.86. The zero-order valence-corrected chi connectivity index (χ0v) is 14.6. The summed E-state index contributed by atoms with van der Waals surface area (Å²) < 4.78 is 14.6. The topological polar surface area (TPSA) is 78.0 Å². The number of halogens is 2. The summed E-state index contributed by atoms with van der Waals surface area (Å²) in [5.41, 5.74) is 7.89. The van der Waals surface area contributed by atoms with Gasteiger partial charge in [-0.1, -0.05) is 23.7 Å². The molecule has 0 saturated carbocycles. The molecule has 5 nitrogen and oxygen atoms in total. The van der Waals surface area contributed by atoms with Gasteiger partial charge in [0.15, 0.2) is 0 Å². The van der Waals surface area contributed by atoms with Crippen molar-refractivity contribution in [2.24, 2.45) is 12.8 Å². The Balaban J connectivity index is 1.95. The number of primary amides is 1. The van der Waals surface area contributed by atoms with Crippen LogP contribution >= 0.6 is 11.6 Å². The van der Waals surface area contributed by atoms with E-state index in [-0.39, 0.29) is 16.1 Å². The Labute approximate surface area is 153 Å². The number of nitrogens with two attached hydrogens (primary N) is 1. The van der Waals surface area contributed by atoms with E-state index in [9.17, 15) is 14.0 Å². The number of pyridine rings is 2. The Morgan fingerprint density at radius 3 is 2.54 bits per heavy atom. The van der Waals surface area contributed by atoms with Gasteiger partial charge in [-0.3, -0.25) is 14.6 Å². The SMILES string of the molecule is Cn1c(-c2ccc(Cc3ccc(F)c(Cl)c3)cn2)c(C(N)=O)ccc1=O. The van der Waals surface area contributed by atoms with Crippen molar-refractivity contribution < 1.29 is 9.18 Å². The number of amides is 1. The fourth-order valence-electron chi connectivity index (χ4n) is 2.70. The highest BCUT2D eigenvalue weighted by Gasteiger charge is 2.15. The van der Waals surface area contributed by atoms with Crippen molar-refractivity contribution in [3.63, 3.8) is 0 Å². The summed E-state index contributed by atoms with van der Waals surface area (Å²) in [5, 5.41) is 0.0671. The predicted octanol–water partition coefficient (Wildman–Crippen LogP) is 2.93. The second kappa shape index (κ2) is 7.09. The molecule has 7 heteroatoms. The van der Waals surface area contributed by atoms with Gasteiger partial charge in [0.1, 0.15) is 5.82 Å². The fraction of sp³-hybridized carbons (Fsp3) is 0.105. The minimum Gasteiger partial charge on any atom is -0.366 e. The molecule has 3 rings (SSSR count). The summed E-state index contributed by atoms with van der Waals surface area (Å²) in [5.74, 6) is -1.10. The number of hydrogen-bond donors (Lipinski definition) is 1. The molecular weight excluding hydrogens is 357 g/mol. The monoisotopic (exact) mass is 371 g/mol. The average molecular weight is 372 g/mol. The van der Waals surface area contributed by atoms with Crippen molar-refractivity contribution in [3.8, 4) is 11.4 Å². The second-order valence-corrected chi connectivity index (χ2v) is 6.24. The smallest absolute Gasteiger partial charge is 0.250 e. The number of nitrogens with zero attached hydrogens (tertiary/aromatic N) is 2. The van der Waals surface area contributed by atoms with E-state index in [2.05, 4.69) is 4.98 Å². The predicted molar refractivity (Wildman–Crippen MR) is 97.6 cm³/mol. The molecule has 26 heavy (non-hydrogen) atoms. The molecule has 0 radical (unpaired) electrons. The Hall–Kier alpha value is -2.99. The van der Waals surface area contributed by atoms with E-state index in [1.54, 1.807) is 31.4 Å². The van der Waals surface area contributed by atoms with Gasteiger partial charge in [0, 0.05) is 19.3 Å². The summed E-state index contributed by atoms with van der Waals surface area (Å²) >= 11 is 5.80. The maximum absolute atomic E-state index is 13.2. The van der Waals surface area contributed by atoms with Crippen molar-refractivity contribution in [2.45, 2.75) is 6.42 Å². The van der Waals surface area contributed by atoms with Crippen LogP contribution in [0.25, 0.3) is 11.4 Å². The molecule has 2 N–H and O–H groups in total. The molecule has 0 spiro atoms. The molecule has 0 bridgehead atoms. The Morgan fingerprint density at radius 1 is 1.19 bits per heavy atom. The Bertz CT molecular complexity index is 1050. The highest BCUT2D eigenvalue weighted by Crippen LogP contribution is 2.22. The van der Waals surface area contributed by atoms with Crippen LogP contribution in [0.15, 0.2) is 53.5 Å². The lowest BCUT2D eigenvalue weighted by Crippen LogP contribution is -2.23. The first-order chi connectivity index (χ1) is 12.4. The highest BCUT2D eigenvalue weighted by molar-refractivity contribution is 6.30. The minimum absolute atomic E-state index is 0.0671. The van der Waals surface area contributed by atoms with E-state index in [0.29, 0.717) is 17.8 Å². The van der Waals surface area contributed by atoms with Crippen LogP contribution in [0, 0.1) is 5.82 Å². The molecule has 0 atom stereocenters. The molecule has 0 saturated heterocycles. The minimum atomic E-state index is -0.637. The molecule has 1 aromatic carbocycles. The maximum atomic E-state index is 13.2. The molecule has 0 fully saturated rings. The van der Waals surface area contributed by atoms with Gasteiger partial charge in [0.2, 0.25) is 0 Å². The molecule has 2 heterocycles. The number of aromatic nitrogens is 2. The van der Waals surface area contributed by atoms with Gasteiger partial charge in [0.25, 0.3) is 11.5 Å². The zero-order valence-electron chi connectivity index (χ0n) is 13.9. The van der Waals surface area contributed by atoms with Crippen LogP contribution in [-0.2, 0) is 13.5 Å². The van der Waals surface area contributed by atoms with Gasteiger partial charge in [-0.05, 0) is 41.8 Å². The molecule has 132 valence electrons. The molecule has 0 unspecified atom stereocenters. The van der Waals surface area contributed by atoms with E-state index < -0.39 is 11.7 Å². The molecule has 0 aliphatic carbocycles. The van der Waals surface area contributed by atoms with E-state index in [0.717, 1.165) is 11.1 Å². The largest absolute Gasteiger partial charge is 0.366 e. The lowest BCUT2D eigenvalue weighted by Gasteiger charge is -2.12. The first-order valence-electron chi connectivity index (χ1n) is 7.76. The van der Waals surface area contributed by atoms with Crippen molar-refractivity contribution >= 4 is 17.5 Å². The molecule has 0 aliphatic rings. The van der Waals surface area contributed by atoms with Gasteiger partial charge >= 0.3 is 0 Å². The summed E-state index contributed by atoms with van der Waals surface area (Å²) in [6.07, 6.45) is 2.15. The van der Waals surface area contributed by atoms with Gasteiger partial charge in [-0.25, -0.2) is 4.39 Å². The first-order valence-corrected chi connectivity index (χ1v) is 8.13. The first kappa shape index (κ1) is 17.8. The van der Waals surface area contributed by atoms with E-state index >= 15 is 0 Å². The number of carbonyl (C=O) groups excluding carboxylic acids is 1. The van der Waals surface area contributed by atoms with Crippen molar-refractivity contribution in [1.82, 2.24) is 9.55 Å². The van der Waals surface area contributed by atoms with E-state index in [1.165, 1.54) is 22.8 Å². The lowest BCUT2D eigenvalue weighted by atomic mass is 10.0. The van der Waals surface area contributed by atoms with Crippen LogP contribution in [0.5, 0.6) is 0 Å². The van der Waals surface area contributed by atoms with Gasteiger partial charge in [-0.15, -0.1) is 0 Å². The standard InChI is InChI=1S/C19H15ClFN3O2/c1-24-17(25)7-4-13(19(22)26)18(24)16-6-3-12(10-23-16)8-11-2-5-15(21)14(20)9-11/h2-7,9-10H,8H2,1H3,(H2,22,26). The number of benzene rings is 1. The Morgan fingerprint density at radius 2 is 1.92 bits per heavy atom. The van der Waals surface area contributed by atoms with Gasteiger partial charge in [-0.2, -0.15) is 0 Å². The van der Waals surface area contributed by atoms with E-state index in [4.69, 9.17) is 17.3 Å². The summed E-state index contributed by atoms with van der Waals surface area (Å²) in [6, 6.07) is 10.8. The summed E-state index contributed by atoms with van der Waals surface area (Å²) in [7, 11) is 1.56. The molecule has 0 aliphatic heterocycles. The van der Waals surface area contributed by atoms with E-state index in [1.807, 2.05) is 6.07 Å². The molecular formula is C19H15ClFN3O2. The van der Waals surface area contributed by atoms with Gasteiger partial charge in [0.05, 0.1) is 22.0 Å². The van der Waals surface area contributed by atoms with Crippen molar-refractivity contribution in [3.05, 3.63) is 86.5 Å². The van der Waals surface area contributed by atoms with Crippen LogP contribution in [-0.4, -0.2) is 15.5 Å². The normalized spacial score (nSPS) is 10.7. The highest BCUT2D eigenvalue weighted by atomic mass is 35.5. The second-order valence-electron chi connectivity index (χ2n) is 5.83. The van der Waals surface area contributed by atoms with Crippen molar-refractivity contribution in [1.29, 1.82) is 0 Å². The van der Waals surface area contributed by atoms with Crippen molar-refractivity contribution in [2.75, 3.05) is 0 Å². The van der Waals surface area contributed by atoms with Gasteiger partial charge < -0.3 is 10.3 Å². The number of hydrogen-bond acceptors (Lipinski definition) is 3. The quantitative estimate of drug-likeness (QED) is 0.765. The molecule has 1 amide bonds. The summed E-state index contributed by atoms with van der Waals surface area (Å²) in [4.78, 5) is 27.9. The zero-order chi connectivity index (χ0) is 18.8. The van der Waals surface area contributed by atoms with Crippen LogP contribution in [0.4, 0.5) is 4.39 Å². The fourth-order valence-corrected chi connectivity index (χ4v) is 2.90. The molecule has 2 aromatic heterocycles. The average Bonchev–Trinajstić information content (AvgIpc) is 2.61. The lowest BCUT2D eigenvalue weighted by molar-refractivity contribution is 0.1000. The van der Waals surface area contributed by atoms with Crippen LogP contribution in [0.2, 0.25) is 5.02 Å². The third-order valence-corrected chi connectivity index (χ3v) is 4.33. The van der Waals surface area contributed by atoms with Crippen LogP contribution in [0.3, 0.4) is 0 Å². The number of carbonyl (C=O) groups is 1. The third kappa shape index (κ3) is 3.50. The third-order valence-electron chi connectivity index (χ3n) is 4.04. The molecule has 3 aromatic rings. The maximum Gasteiger partial charge on any atom is 0.250 e.